The van der Waals surface area contributed by atoms with E-state index in [1.54, 1.807) is 6.20 Å². The van der Waals surface area contributed by atoms with Crippen molar-refractivity contribution < 1.29 is 5.11 Å². The molecule has 1 rings (SSSR count). The van der Waals surface area contributed by atoms with Crippen molar-refractivity contribution in [1.82, 2.24) is 14.9 Å². The molecule has 15 heavy (non-hydrogen) atoms. The maximum atomic E-state index is 8.77. The molecule has 1 heterocycles. The van der Waals surface area contributed by atoms with Crippen molar-refractivity contribution in [1.29, 1.82) is 0 Å². The molecule has 0 aliphatic rings. The van der Waals surface area contributed by atoms with Gasteiger partial charge >= 0.3 is 0 Å². The van der Waals surface area contributed by atoms with Gasteiger partial charge in [-0.1, -0.05) is 0 Å². The smallest absolute Gasteiger partial charge is 0.225 e. The predicted octanol–water partition coefficient (Wildman–Crippen LogP) is -0.0333. The van der Waals surface area contributed by atoms with Gasteiger partial charge in [0.25, 0.3) is 0 Å². The van der Waals surface area contributed by atoms with Crippen LogP contribution >= 0.6 is 0 Å². The van der Waals surface area contributed by atoms with E-state index in [1.807, 2.05) is 37.0 Å². The molecule has 1 aromatic rings. The lowest BCUT2D eigenvalue weighted by Crippen LogP contribution is -2.22. The molecule has 0 aromatic carbocycles. The van der Waals surface area contributed by atoms with Gasteiger partial charge in [0, 0.05) is 33.4 Å². The van der Waals surface area contributed by atoms with Gasteiger partial charge in [-0.05, 0) is 13.1 Å². The average Bonchev–Trinajstić information content (AvgIpc) is 2.18. The first-order valence-electron chi connectivity index (χ1n) is 4.92. The molecule has 5 nitrogen and oxygen atoms in total. The van der Waals surface area contributed by atoms with Crippen molar-refractivity contribution in [3.05, 3.63) is 18.0 Å². The Kier molecular flexibility index (Phi) is 4.45. The van der Waals surface area contributed by atoms with E-state index in [9.17, 15) is 0 Å². The minimum Gasteiger partial charge on any atom is -0.395 e. The number of likely N-dealkylation sites (N-methyl/N-ethyl adjacent to an activating group) is 1. The lowest BCUT2D eigenvalue weighted by Gasteiger charge is -2.16. The van der Waals surface area contributed by atoms with Crippen molar-refractivity contribution in [2.24, 2.45) is 0 Å². The molecule has 0 bridgehead atoms. The first kappa shape index (κ1) is 11.9. The summed E-state index contributed by atoms with van der Waals surface area (Å²) >= 11 is 0. The number of hydrogen-bond donors (Lipinski definition) is 1. The quantitative estimate of drug-likeness (QED) is 0.739. The van der Waals surface area contributed by atoms with Crippen molar-refractivity contribution in [3.63, 3.8) is 0 Å². The maximum Gasteiger partial charge on any atom is 0.225 e. The highest BCUT2D eigenvalue weighted by Gasteiger charge is 2.03. The number of aliphatic hydroxyl groups excluding tert-OH is 1. The molecule has 0 saturated heterocycles. The second kappa shape index (κ2) is 5.63. The molecular formula is C10H18N4O. The second-order valence-electron chi connectivity index (χ2n) is 3.70. The number of hydrogen-bond acceptors (Lipinski definition) is 5. The molecule has 1 aromatic heterocycles. The summed E-state index contributed by atoms with van der Waals surface area (Å²) in [7, 11) is 5.78. The van der Waals surface area contributed by atoms with Gasteiger partial charge in [-0.3, -0.25) is 4.90 Å². The van der Waals surface area contributed by atoms with Gasteiger partial charge in [0.2, 0.25) is 5.95 Å². The van der Waals surface area contributed by atoms with Crippen LogP contribution < -0.4 is 4.90 Å². The summed E-state index contributed by atoms with van der Waals surface area (Å²) in [5.41, 5.74) is 0.963. The number of nitrogens with zero attached hydrogens (tertiary/aromatic N) is 4. The van der Waals surface area contributed by atoms with E-state index in [1.165, 1.54) is 0 Å². The second-order valence-corrected chi connectivity index (χ2v) is 3.70. The van der Waals surface area contributed by atoms with E-state index >= 15 is 0 Å². The zero-order valence-electron chi connectivity index (χ0n) is 9.51. The first-order chi connectivity index (χ1) is 7.13. The molecule has 84 valence electrons. The standard InChI is InChI=1S/C10H18N4O/c1-13(2)10-11-5-4-9(12-10)8-14(3)6-7-15/h4-5,15H,6-8H2,1-3H3. The molecule has 0 aliphatic heterocycles. The zero-order chi connectivity index (χ0) is 11.3. The van der Waals surface area contributed by atoms with Crippen LogP contribution in [0.15, 0.2) is 12.3 Å². The molecule has 5 heteroatoms. The molecular weight excluding hydrogens is 192 g/mol. The van der Waals surface area contributed by atoms with Crippen molar-refractivity contribution in [3.8, 4) is 0 Å². The lowest BCUT2D eigenvalue weighted by atomic mass is 10.4. The molecule has 0 unspecified atom stereocenters. The fourth-order valence-corrected chi connectivity index (χ4v) is 1.21. The zero-order valence-corrected chi connectivity index (χ0v) is 9.51. The Bertz CT molecular complexity index is 303. The Hall–Kier alpha value is -1.20. The number of rotatable bonds is 5. The SMILES string of the molecule is CN(CCO)Cc1ccnc(N(C)C)n1. The van der Waals surface area contributed by atoms with E-state index in [0.29, 0.717) is 12.5 Å². The normalized spacial score (nSPS) is 10.7. The van der Waals surface area contributed by atoms with E-state index < -0.39 is 0 Å². The predicted molar refractivity (Wildman–Crippen MR) is 59.8 cm³/mol. The molecule has 0 amide bonds. The highest BCUT2D eigenvalue weighted by molar-refractivity contribution is 5.26. The first-order valence-corrected chi connectivity index (χ1v) is 4.92. The van der Waals surface area contributed by atoms with Crippen LogP contribution in [0.3, 0.4) is 0 Å². The van der Waals surface area contributed by atoms with Gasteiger partial charge in [0.15, 0.2) is 0 Å². The molecule has 1 N–H and O–H groups in total. The monoisotopic (exact) mass is 210 g/mol. The largest absolute Gasteiger partial charge is 0.395 e. The van der Waals surface area contributed by atoms with Crippen LogP contribution in [-0.2, 0) is 6.54 Å². The van der Waals surface area contributed by atoms with Gasteiger partial charge < -0.3 is 10.0 Å². The third-order valence-corrected chi connectivity index (χ3v) is 2.01. The van der Waals surface area contributed by atoms with Crippen molar-refractivity contribution in [2.75, 3.05) is 39.2 Å². The maximum absolute atomic E-state index is 8.77. The topological polar surface area (TPSA) is 52.5 Å². The van der Waals surface area contributed by atoms with E-state index in [-0.39, 0.29) is 6.61 Å². The third kappa shape index (κ3) is 3.81. The fraction of sp³-hybridized carbons (Fsp3) is 0.600. The van der Waals surface area contributed by atoms with E-state index in [0.717, 1.165) is 12.2 Å². The third-order valence-electron chi connectivity index (χ3n) is 2.01. The molecule has 0 spiro atoms. The summed E-state index contributed by atoms with van der Waals surface area (Å²) in [4.78, 5) is 12.4. The van der Waals surface area contributed by atoms with Gasteiger partial charge in [-0.15, -0.1) is 0 Å². The van der Waals surface area contributed by atoms with E-state index in [2.05, 4.69) is 9.97 Å². The Labute approximate surface area is 90.4 Å². The Morgan fingerprint density at radius 3 is 2.67 bits per heavy atom. The number of anilines is 1. The van der Waals surface area contributed by atoms with Gasteiger partial charge in [-0.2, -0.15) is 0 Å². The minimum absolute atomic E-state index is 0.169. The van der Waals surface area contributed by atoms with Crippen LogP contribution in [-0.4, -0.2) is 54.3 Å². The van der Waals surface area contributed by atoms with Crippen LogP contribution in [0.25, 0.3) is 0 Å². The molecule has 0 radical (unpaired) electrons. The van der Waals surface area contributed by atoms with Crippen LogP contribution in [0.2, 0.25) is 0 Å². The van der Waals surface area contributed by atoms with E-state index in [4.69, 9.17) is 5.11 Å². The average molecular weight is 210 g/mol. The highest BCUT2D eigenvalue weighted by Crippen LogP contribution is 2.05. The summed E-state index contributed by atoms with van der Waals surface area (Å²) in [6.45, 7) is 1.55. The molecule has 0 aliphatic carbocycles. The summed E-state index contributed by atoms with van der Waals surface area (Å²) < 4.78 is 0. The van der Waals surface area contributed by atoms with Gasteiger partial charge in [0.1, 0.15) is 0 Å². The van der Waals surface area contributed by atoms with Crippen LogP contribution in [0.4, 0.5) is 5.95 Å². The summed E-state index contributed by atoms with van der Waals surface area (Å²) in [6.07, 6.45) is 1.75. The Morgan fingerprint density at radius 2 is 2.07 bits per heavy atom. The lowest BCUT2D eigenvalue weighted by molar-refractivity contribution is 0.216. The summed E-state index contributed by atoms with van der Waals surface area (Å²) in [6, 6.07) is 1.89. The fourth-order valence-electron chi connectivity index (χ4n) is 1.21. The Balaban J connectivity index is 2.65. The van der Waals surface area contributed by atoms with Gasteiger partial charge in [0.05, 0.1) is 12.3 Å². The Morgan fingerprint density at radius 1 is 1.33 bits per heavy atom. The summed E-state index contributed by atoms with van der Waals surface area (Å²) in [5, 5.41) is 8.77. The van der Waals surface area contributed by atoms with Crippen LogP contribution in [0.1, 0.15) is 5.69 Å². The molecule has 0 atom stereocenters. The minimum atomic E-state index is 0.169. The molecule has 0 saturated carbocycles. The highest BCUT2D eigenvalue weighted by atomic mass is 16.3. The van der Waals surface area contributed by atoms with Gasteiger partial charge in [-0.25, -0.2) is 9.97 Å². The number of aliphatic hydroxyl groups is 1. The number of aromatic nitrogens is 2. The van der Waals surface area contributed by atoms with Crippen LogP contribution in [0, 0.1) is 0 Å². The van der Waals surface area contributed by atoms with Crippen LogP contribution in [0.5, 0.6) is 0 Å². The van der Waals surface area contributed by atoms with Crippen molar-refractivity contribution >= 4 is 5.95 Å². The molecule has 0 fully saturated rings. The van der Waals surface area contributed by atoms with Crippen molar-refractivity contribution in [2.45, 2.75) is 6.54 Å². The summed E-state index contributed by atoms with van der Waals surface area (Å²) in [5.74, 6) is 0.713.